The Morgan fingerprint density at radius 3 is 2.80 bits per heavy atom. The van der Waals surface area contributed by atoms with Gasteiger partial charge in [0.1, 0.15) is 0 Å². The van der Waals surface area contributed by atoms with Crippen LogP contribution in [0.5, 0.6) is 0 Å². The van der Waals surface area contributed by atoms with Gasteiger partial charge in [0.2, 0.25) is 5.91 Å². The van der Waals surface area contributed by atoms with Gasteiger partial charge >= 0.3 is 0 Å². The van der Waals surface area contributed by atoms with E-state index in [9.17, 15) is 4.79 Å². The van der Waals surface area contributed by atoms with Crippen LogP contribution in [0.25, 0.3) is 0 Å². The number of hydrogen-bond donors (Lipinski definition) is 1. The molecule has 4 nitrogen and oxygen atoms in total. The number of carbonyl (C=O) groups is 1. The Hall–Kier alpha value is -1.88. The fourth-order valence-electron chi connectivity index (χ4n) is 1.81. The van der Waals surface area contributed by atoms with Gasteiger partial charge in [-0.2, -0.15) is 5.10 Å². The fourth-order valence-corrected chi connectivity index (χ4v) is 2.21. The van der Waals surface area contributed by atoms with Crippen LogP contribution in [0.15, 0.2) is 52.2 Å². The lowest BCUT2D eigenvalue weighted by atomic mass is 10.1. The van der Waals surface area contributed by atoms with E-state index in [0.29, 0.717) is 6.42 Å². The molecule has 1 heterocycles. The zero-order valence-corrected chi connectivity index (χ0v) is 13.0. The lowest BCUT2D eigenvalue weighted by Crippen LogP contribution is -2.22. The Morgan fingerprint density at radius 1 is 1.35 bits per heavy atom. The number of nitrogens with zero attached hydrogens (tertiary/aromatic N) is 2. The average Bonchev–Trinajstić information content (AvgIpc) is 2.81. The van der Waals surface area contributed by atoms with Crippen molar-refractivity contribution >= 4 is 27.5 Å². The third-order valence-corrected chi connectivity index (χ3v) is 3.48. The highest BCUT2D eigenvalue weighted by atomic mass is 79.9. The van der Waals surface area contributed by atoms with Gasteiger partial charge < -0.3 is 4.57 Å². The van der Waals surface area contributed by atoms with E-state index in [2.05, 4.69) is 26.5 Å². The highest BCUT2D eigenvalue weighted by Gasteiger charge is 2.05. The number of halogens is 1. The van der Waals surface area contributed by atoms with Crippen molar-refractivity contribution < 1.29 is 4.79 Å². The minimum atomic E-state index is -0.124. The number of rotatable bonds is 4. The molecule has 0 fully saturated rings. The Bertz CT molecular complexity index is 646. The molecule has 5 heteroatoms. The number of hydrogen-bond acceptors (Lipinski definition) is 2. The summed E-state index contributed by atoms with van der Waals surface area (Å²) in [6, 6.07) is 11.6. The van der Waals surface area contributed by atoms with Crippen molar-refractivity contribution in [1.82, 2.24) is 9.99 Å². The maximum absolute atomic E-state index is 11.8. The summed E-state index contributed by atoms with van der Waals surface area (Å²) in [5.41, 5.74) is 5.28. The maximum atomic E-state index is 11.8. The van der Waals surface area contributed by atoms with E-state index in [1.165, 1.54) is 0 Å². The maximum Gasteiger partial charge on any atom is 0.246 e. The molecular weight excluding hydrogens is 318 g/mol. The highest BCUT2D eigenvalue weighted by molar-refractivity contribution is 9.10. The molecule has 104 valence electrons. The van der Waals surface area contributed by atoms with E-state index < -0.39 is 0 Å². The zero-order valence-electron chi connectivity index (χ0n) is 11.4. The van der Waals surface area contributed by atoms with Gasteiger partial charge in [-0.1, -0.05) is 28.1 Å². The Morgan fingerprint density at radius 2 is 2.15 bits per heavy atom. The quantitative estimate of drug-likeness (QED) is 0.678. The van der Waals surface area contributed by atoms with Gasteiger partial charge in [0.05, 0.1) is 12.1 Å². The Balaban J connectivity index is 1.98. The Labute approximate surface area is 126 Å². The van der Waals surface area contributed by atoms with Crippen molar-refractivity contribution in [3.05, 3.63) is 58.3 Å². The van der Waals surface area contributed by atoms with Crippen LogP contribution in [0.2, 0.25) is 0 Å². The minimum absolute atomic E-state index is 0.124. The van der Waals surface area contributed by atoms with Crippen LogP contribution in [-0.4, -0.2) is 16.2 Å². The molecule has 0 spiro atoms. The van der Waals surface area contributed by atoms with Crippen LogP contribution in [0.3, 0.4) is 0 Å². The fraction of sp³-hybridized carbons (Fsp3) is 0.200. The molecule has 0 saturated carbocycles. The number of carbonyl (C=O) groups excluding carboxylic acids is 1. The van der Waals surface area contributed by atoms with Crippen LogP contribution in [0.4, 0.5) is 0 Å². The molecule has 1 aromatic heterocycles. The van der Waals surface area contributed by atoms with Gasteiger partial charge in [0.25, 0.3) is 0 Å². The molecule has 1 N–H and O–H groups in total. The van der Waals surface area contributed by atoms with Crippen molar-refractivity contribution in [3.63, 3.8) is 0 Å². The summed E-state index contributed by atoms with van der Waals surface area (Å²) in [4.78, 5) is 11.8. The first-order valence-corrected chi connectivity index (χ1v) is 7.05. The molecule has 2 rings (SSSR count). The molecule has 20 heavy (non-hydrogen) atoms. The predicted octanol–water partition coefficient (Wildman–Crippen LogP) is 2.87. The topological polar surface area (TPSA) is 46.4 Å². The molecule has 0 aliphatic carbocycles. The summed E-state index contributed by atoms with van der Waals surface area (Å²) >= 11 is 3.41. The van der Waals surface area contributed by atoms with Gasteiger partial charge in [-0.15, -0.1) is 0 Å². The first kappa shape index (κ1) is 14.5. The molecule has 2 aromatic rings. The number of nitrogens with one attached hydrogen (secondary N) is 1. The second-order valence-corrected chi connectivity index (χ2v) is 5.45. The van der Waals surface area contributed by atoms with E-state index >= 15 is 0 Å². The SMILES string of the molecule is C/C(=N\NC(=O)Cc1cccn1C)c1cccc(Br)c1. The van der Waals surface area contributed by atoms with Crippen molar-refractivity contribution in [2.75, 3.05) is 0 Å². The average molecular weight is 334 g/mol. The summed E-state index contributed by atoms with van der Waals surface area (Å²) < 4.78 is 2.91. The molecular formula is C15H16BrN3O. The normalized spacial score (nSPS) is 11.4. The summed E-state index contributed by atoms with van der Waals surface area (Å²) in [6.45, 7) is 1.87. The first-order valence-electron chi connectivity index (χ1n) is 6.25. The molecule has 0 atom stereocenters. The molecule has 0 saturated heterocycles. The molecule has 0 bridgehead atoms. The first-order chi connectivity index (χ1) is 9.56. The second-order valence-electron chi connectivity index (χ2n) is 4.53. The van der Waals surface area contributed by atoms with Crippen LogP contribution in [0, 0.1) is 0 Å². The molecule has 0 radical (unpaired) electrons. The van der Waals surface area contributed by atoms with Gasteiger partial charge in [-0.3, -0.25) is 4.79 Å². The number of benzene rings is 1. The smallest absolute Gasteiger partial charge is 0.246 e. The molecule has 0 aliphatic heterocycles. The van der Waals surface area contributed by atoms with E-state index in [4.69, 9.17) is 0 Å². The molecule has 1 amide bonds. The highest BCUT2D eigenvalue weighted by Crippen LogP contribution is 2.12. The molecule has 0 aliphatic rings. The van der Waals surface area contributed by atoms with E-state index in [-0.39, 0.29) is 5.91 Å². The van der Waals surface area contributed by atoms with E-state index in [1.807, 2.05) is 61.1 Å². The van der Waals surface area contributed by atoms with Crippen LogP contribution >= 0.6 is 15.9 Å². The van der Waals surface area contributed by atoms with Gasteiger partial charge in [-0.25, -0.2) is 5.43 Å². The molecule has 0 unspecified atom stereocenters. The second kappa shape index (κ2) is 6.52. The lowest BCUT2D eigenvalue weighted by molar-refractivity contribution is -0.120. The minimum Gasteiger partial charge on any atom is -0.354 e. The predicted molar refractivity (Wildman–Crippen MR) is 83.6 cm³/mol. The lowest BCUT2D eigenvalue weighted by Gasteiger charge is -2.04. The zero-order chi connectivity index (χ0) is 14.5. The van der Waals surface area contributed by atoms with E-state index in [1.54, 1.807) is 0 Å². The van der Waals surface area contributed by atoms with Crippen molar-refractivity contribution in [2.45, 2.75) is 13.3 Å². The summed E-state index contributed by atoms with van der Waals surface area (Å²) in [6.07, 6.45) is 2.23. The van der Waals surface area contributed by atoms with Crippen LogP contribution in [0.1, 0.15) is 18.2 Å². The monoisotopic (exact) mass is 333 g/mol. The number of aryl methyl sites for hydroxylation is 1. The van der Waals surface area contributed by atoms with Crippen molar-refractivity contribution in [2.24, 2.45) is 12.1 Å². The standard InChI is InChI=1S/C15H16BrN3O/c1-11(12-5-3-6-13(16)9-12)17-18-15(20)10-14-7-4-8-19(14)2/h3-9H,10H2,1-2H3,(H,18,20)/b17-11+. The Kier molecular flexibility index (Phi) is 4.74. The van der Waals surface area contributed by atoms with E-state index in [0.717, 1.165) is 21.4 Å². The van der Waals surface area contributed by atoms with Crippen molar-refractivity contribution in [3.8, 4) is 0 Å². The summed E-state index contributed by atoms with van der Waals surface area (Å²) in [5, 5.41) is 4.13. The number of hydrazone groups is 1. The summed E-state index contributed by atoms with van der Waals surface area (Å²) in [7, 11) is 1.92. The summed E-state index contributed by atoms with van der Waals surface area (Å²) in [5.74, 6) is -0.124. The van der Waals surface area contributed by atoms with Crippen LogP contribution in [-0.2, 0) is 18.3 Å². The molecule has 1 aromatic carbocycles. The van der Waals surface area contributed by atoms with Crippen molar-refractivity contribution in [1.29, 1.82) is 0 Å². The largest absolute Gasteiger partial charge is 0.354 e. The van der Waals surface area contributed by atoms with Gasteiger partial charge in [0, 0.05) is 23.4 Å². The van der Waals surface area contributed by atoms with Crippen LogP contribution < -0.4 is 5.43 Å². The van der Waals surface area contributed by atoms with Gasteiger partial charge in [-0.05, 0) is 36.8 Å². The van der Waals surface area contributed by atoms with Gasteiger partial charge in [0.15, 0.2) is 0 Å². The number of amides is 1. The third kappa shape index (κ3) is 3.81. The number of aromatic nitrogens is 1. The third-order valence-electron chi connectivity index (χ3n) is 2.98.